The Hall–Kier alpha value is -2.94. The molecule has 2 heterocycles. The maximum atomic E-state index is 8.90. The van der Waals surface area contributed by atoms with E-state index in [1.807, 2.05) is 37.2 Å². The summed E-state index contributed by atoms with van der Waals surface area (Å²) in [5.74, 6) is 1.41. The number of H-pyrrole nitrogens is 1. The number of nitrogens with zero attached hydrogens (tertiary/aromatic N) is 5. The smallest absolute Gasteiger partial charge is 0.161 e. The first kappa shape index (κ1) is 13.1. The second kappa shape index (κ2) is 5.21. The highest BCUT2D eigenvalue weighted by Gasteiger charge is 2.15. The zero-order chi connectivity index (χ0) is 14.8. The molecule has 6 heteroatoms. The van der Waals surface area contributed by atoms with Gasteiger partial charge in [-0.05, 0) is 11.6 Å². The summed E-state index contributed by atoms with van der Waals surface area (Å²) in [4.78, 5) is 18.5. The lowest BCUT2D eigenvalue weighted by molar-refractivity contribution is 1.04. The molecule has 1 N–H and O–H groups in total. The van der Waals surface area contributed by atoms with E-state index < -0.39 is 0 Å². The molecule has 0 saturated carbocycles. The third-order valence-electron chi connectivity index (χ3n) is 3.19. The van der Waals surface area contributed by atoms with Gasteiger partial charge in [0.25, 0.3) is 0 Å². The fourth-order valence-corrected chi connectivity index (χ4v) is 2.26. The fraction of sp³-hybridized carbons (Fsp3) is 0.200. The molecule has 2 aromatic heterocycles. The Morgan fingerprint density at radius 1 is 1.24 bits per heavy atom. The lowest BCUT2D eigenvalue weighted by atomic mass is 10.1. The predicted molar refractivity (Wildman–Crippen MR) is 80.8 cm³/mol. The van der Waals surface area contributed by atoms with Crippen molar-refractivity contribution < 1.29 is 0 Å². The van der Waals surface area contributed by atoms with Crippen LogP contribution >= 0.6 is 0 Å². The quantitative estimate of drug-likeness (QED) is 0.794. The number of fused-ring (bicyclic) bond motifs is 1. The van der Waals surface area contributed by atoms with E-state index >= 15 is 0 Å². The van der Waals surface area contributed by atoms with Gasteiger partial charge in [0.15, 0.2) is 11.6 Å². The van der Waals surface area contributed by atoms with E-state index in [9.17, 15) is 0 Å². The first-order valence-corrected chi connectivity index (χ1v) is 6.54. The number of rotatable bonds is 3. The van der Waals surface area contributed by atoms with Gasteiger partial charge in [0.1, 0.15) is 5.69 Å². The van der Waals surface area contributed by atoms with Crippen LogP contribution in [0.1, 0.15) is 5.56 Å². The second-order valence-corrected chi connectivity index (χ2v) is 4.86. The van der Waals surface area contributed by atoms with Crippen molar-refractivity contribution in [3.8, 4) is 17.6 Å². The van der Waals surface area contributed by atoms with Crippen molar-refractivity contribution >= 4 is 16.9 Å². The van der Waals surface area contributed by atoms with Crippen LogP contribution in [-0.4, -0.2) is 34.0 Å². The van der Waals surface area contributed by atoms with E-state index in [2.05, 4.69) is 26.0 Å². The third-order valence-corrected chi connectivity index (χ3v) is 3.19. The molecule has 0 aliphatic heterocycles. The number of aromatic nitrogens is 4. The summed E-state index contributed by atoms with van der Waals surface area (Å²) in [7, 11) is 3.83. The van der Waals surface area contributed by atoms with Crippen LogP contribution in [0.15, 0.2) is 30.6 Å². The Labute approximate surface area is 122 Å². The van der Waals surface area contributed by atoms with Crippen molar-refractivity contribution in [2.45, 2.75) is 6.42 Å². The summed E-state index contributed by atoms with van der Waals surface area (Å²) in [5, 5.41) is 8.90. The molecule has 0 fully saturated rings. The summed E-state index contributed by atoms with van der Waals surface area (Å²) in [6, 6.07) is 7.94. The Morgan fingerprint density at radius 2 is 2.05 bits per heavy atom. The van der Waals surface area contributed by atoms with E-state index in [1.165, 1.54) is 0 Å². The molecule has 0 saturated heterocycles. The van der Waals surface area contributed by atoms with Crippen molar-refractivity contribution in [2.24, 2.45) is 0 Å². The minimum Gasteiger partial charge on any atom is -0.361 e. The average Bonchev–Trinajstić information content (AvgIpc) is 2.92. The molecule has 3 rings (SSSR count). The first-order valence-electron chi connectivity index (χ1n) is 6.54. The van der Waals surface area contributed by atoms with Crippen LogP contribution in [0, 0.1) is 11.3 Å². The maximum Gasteiger partial charge on any atom is 0.161 e. The second-order valence-electron chi connectivity index (χ2n) is 4.86. The number of para-hydroxylation sites is 1. The van der Waals surface area contributed by atoms with Gasteiger partial charge in [-0.15, -0.1) is 0 Å². The lowest BCUT2D eigenvalue weighted by Crippen LogP contribution is -2.12. The van der Waals surface area contributed by atoms with Crippen molar-refractivity contribution in [1.82, 2.24) is 19.9 Å². The molecular formula is C15H14N6. The minimum atomic E-state index is 0.336. The molecule has 0 unspecified atom stereocenters. The van der Waals surface area contributed by atoms with Crippen LogP contribution < -0.4 is 4.90 Å². The largest absolute Gasteiger partial charge is 0.361 e. The maximum absolute atomic E-state index is 8.90. The van der Waals surface area contributed by atoms with E-state index in [1.54, 1.807) is 12.4 Å². The first-order chi connectivity index (χ1) is 10.2. The van der Waals surface area contributed by atoms with Gasteiger partial charge in [0.05, 0.1) is 23.5 Å². The number of aromatic amines is 1. The summed E-state index contributed by atoms with van der Waals surface area (Å²) < 4.78 is 0. The molecular weight excluding hydrogens is 264 g/mol. The topological polar surface area (TPSA) is 81.5 Å². The monoisotopic (exact) mass is 278 g/mol. The van der Waals surface area contributed by atoms with E-state index in [4.69, 9.17) is 5.26 Å². The van der Waals surface area contributed by atoms with Gasteiger partial charge in [-0.2, -0.15) is 5.26 Å². The molecule has 0 amide bonds. The average molecular weight is 278 g/mol. The molecule has 0 aliphatic carbocycles. The van der Waals surface area contributed by atoms with Crippen LogP contribution in [-0.2, 0) is 6.42 Å². The minimum absolute atomic E-state index is 0.336. The van der Waals surface area contributed by atoms with Crippen molar-refractivity contribution in [3.05, 3.63) is 36.2 Å². The standard InChI is InChI=1S/C15H14N6/c1-21(2)15-13(17-8-9-18-15)14-19-11-5-3-4-10(6-7-16)12(11)20-14/h3-5,8-9H,6H2,1-2H3,(H,19,20). The molecule has 0 spiro atoms. The molecule has 3 aromatic rings. The Kier molecular flexibility index (Phi) is 3.24. The van der Waals surface area contributed by atoms with Crippen LogP contribution in [0.5, 0.6) is 0 Å². The van der Waals surface area contributed by atoms with E-state index in [0.29, 0.717) is 17.9 Å². The normalized spacial score (nSPS) is 10.5. The highest BCUT2D eigenvalue weighted by atomic mass is 15.2. The molecule has 0 bridgehead atoms. The highest BCUT2D eigenvalue weighted by molar-refractivity contribution is 5.83. The van der Waals surface area contributed by atoms with Gasteiger partial charge in [-0.1, -0.05) is 12.1 Å². The van der Waals surface area contributed by atoms with Gasteiger partial charge in [0.2, 0.25) is 0 Å². The van der Waals surface area contributed by atoms with Gasteiger partial charge in [-0.3, -0.25) is 0 Å². The van der Waals surface area contributed by atoms with Gasteiger partial charge >= 0.3 is 0 Å². The lowest BCUT2D eigenvalue weighted by Gasteiger charge is -2.13. The number of hydrogen-bond acceptors (Lipinski definition) is 5. The van der Waals surface area contributed by atoms with Crippen molar-refractivity contribution in [2.75, 3.05) is 19.0 Å². The molecule has 104 valence electrons. The van der Waals surface area contributed by atoms with Crippen molar-refractivity contribution in [1.29, 1.82) is 5.26 Å². The van der Waals surface area contributed by atoms with Gasteiger partial charge < -0.3 is 9.88 Å². The molecule has 1 aromatic carbocycles. The highest BCUT2D eigenvalue weighted by Crippen LogP contribution is 2.26. The fourth-order valence-electron chi connectivity index (χ4n) is 2.26. The number of imidazole rings is 1. The molecule has 0 atom stereocenters. The molecule has 0 aliphatic rings. The molecule has 21 heavy (non-hydrogen) atoms. The zero-order valence-corrected chi connectivity index (χ0v) is 11.8. The number of nitriles is 1. The Morgan fingerprint density at radius 3 is 2.81 bits per heavy atom. The van der Waals surface area contributed by atoms with Crippen LogP contribution in [0.3, 0.4) is 0 Å². The van der Waals surface area contributed by atoms with Gasteiger partial charge in [0, 0.05) is 26.5 Å². The summed E-state index contributed by atoms with van der Waals surface area (Å²) >= 11 is 0. The predicted octanol–water partition coefficient (Wildman–Crippen LogP) is 2.15. The summed E-state index contributed by atoms with van der Waals surface area (Å²) in [5.41, 5.74) is 3.31. The third kappa shape index (κ3) is 2.30. The van der Waals surface area contributed by atoms with E-state index in [0.717, 1.165) is 22.4 Å². The Balaban J connectivity index is 2.19. The molecule has 6 nitrogen and oxygen atoms in total. The SMILES string of the molecule is CN(C)c1nccnc1-c1nc2c(CC#N)cccc2[nH]1. The zero-order valence-electron chi connectivity index (χ0n) is 11.8. The van der Waals surface area contributed by atoms with Crippen LogP contribution in [0.25, 0.3) is 22.6 Å². The van der Waals surface area contributed by atoms with E-state index in [-0.39, 0.29) is 0 Å². The van der Waals surface area contributed by atoms with Gasteiger partial charge in [-0.25, -0.2) is 15.0 Å². The number of benzene rings is 1. The summed E-state index contributed by atoms with van der Waals surface area (Å²) in [6.07, 6.45) is 3.64. The number of nitrogens with one attached hydrogen (secondary N) is 1. The van der Waals surface area contributed by atoms with Crippen LogP contribution in [0.2, 0.25) is 0 Å². The number of hydrogen-bond donors (Lipinski definition) is 1. The summed E-state index contributed by atoms with van der Waals surface area (Å²) in [6.45, 7) is 0. The Bertz CT molecular complexity index is 828. The molecule has 0 radical (unpaired) electrons. The van der Waals surface area contributed by atoms with Crippen LogP contribution in [0.4, 0.5) is 5.82 Å². The number of anilines is 1. The van der Waals surface area contributed by atoms with Crippen molar-refractivity contribution in [3.63, 3.8) is 0 Å².